The van der Waals surface area contributed by atoms with Crippen LogP contribution in [-0.2, 0) is 19.8 Å². The molecule has 0 aliphatic carbocycles. The number of rotatable bonds is 9. The van der Waals surface area contributed by atoms with Gasteiger partial charge in [-0.25, -0.2) is 0 Å². The van der Waals surface area contributed by atoms with Gasteiger partial charge < -0.3 is 14.7 Å². The predicted molar refractivity (Wildman–Crippen MR) is 78.4 cm³/mol. The fourth-order valence-electron chi connectivity index (χ4n) is 1.38. The molecule has 1 aromatic rings. The molecule has 12 heteroatoms. The van der Waals surface area contributed by atoms with Crippen LogP contribution < -0.4 is 4.74 Å². The summed E-state index contributed by atoms with van der Waals surface area (Å²) in [5.74, 6) is -1.01. The maximum Gasteiger partial charge on any atom is 0.312 e. The molecule has 2 N–H and O–H groups in total. The van der Waals surface area contributed by atoms with Crippen LogP contribution in [0.2, 0.25) is 0 Å². The fourth-order valence-corrected chi connectivity index (χ4v) is 2.73. The smallest absolute Gasteiger partial charge is 0.312 e. The van der Waals surface area contributed by atoms with Crippen molar-refractivity contribution in [3.63, 3.8) is 0 Å². The van der Waals surface area contributed by atoms with Gasteiger partial charge in [-0.15, -0.1) is 10.1 Å². The molecule has 0 heterocycles. The van der Waals surface area contributed by atoms with Crippen molar-refractivity contribution in [3.05, 3.63) is 28.3 Å². The van der Waals surface area contributed by atoms with Crippen LogP contribution >= 0.6 is 11.8 Å². The van der Waals surface area contributed by atoms with E-state index in [4.69, 9.17) is 9.29 Å². The third kappa shape index (κ3) is 7.17. The van der Waals surface area contributed by atoms with E-state index in [1.54, 1.807) is 0 Å². The van der Waals surface area contributed by atoms with E-state index < -0.39 is 37.6 Å². The van der Waals surface area contributed by atoms with Gasteiger partial charge in [0, 0.05) is 17.6 Å². The lowest BCUT2D eigenvalue weighted by atomic mass is 10.3. The molecule has 0 aromatic heterocycles. The van der Waals surface area contributed by atoms with Crippen LogP contribution in [0.1, 0.15) is 6.42 Å². The number of carbonyl (C=O) groups excluding carboxylic acids is 1. The van der Waals surface area contributed by atoms with Crippen LogP contribution in [0, 0.1) is 10.1 Å². The Hall–Kier alpha value is -2.05. The number of nitrogens with zero attached hydrogens (tertiary/aromatic N) is 1. The van der Waals surface area contributed by atoms with Crippen LogP contribution in [0.3, 0.4) is 0 Å². The first-order chi connectivity index (χ1) is 10.7. The van der Waals surface area contributed by atoms with Gasteiger partial charge in [0.05, 0.1) is 6.42 Å². The molecule has 0 unspecified atom stereocenters. The number of phenols is 1. The summed E-state index contributed by atoms with van der Waals surface area (Å²) in [6, 6.07) is 2.89. The number of carbonyl (C=O) groups is 1. The fraction of sp³-hybridized carbons (Fsp3) is 0.364. The Morgan fingerprint density at radius 2 is 2.04 bits per heavy atom. The molecular formula is C11H13NO9S2. The molecule has 0 amide bonds. The van der Waals surface area contributed by atoms with Gasteiger partial charge >= 0.3 is 5.97 Å². The lowest BCUT2D eigenvalue weighted by Crippen LogP contribution is -2.12. The van der Waals surface area contributed by atoms with Crippen LogP contribution in [0.25, 0.3) is 0 Å². The summed E-state index contributed by atoms with van der Waals surface area (Å²) < 4.78 is 36.2. The Kier molecular flexibility index (Phi) is 7.06. The zero-order chi connectivity index (χ0) is 17.5. The molecule has 0 aliphatic rings. The first-order valence-electron chi connectivity index (χ1n) is 6.06. The van der Waals surface area contributed by atoms with Crippen LogP contribution in [0.5, 0.6) is 11.5 Å². The van der Waals surface area contributed by atoms with Crippen LogP contribution in [-0.4, -0.2) is 47.2 Å². The minimum absolute atomic E-state index is 0.0884. The van der Waals surface area contributed by atoms with Gasteiger partial charge in [0.15, 0.2) is 5.75 Å². The highest BCUT2D eigenvalue weighted by Gasteiger charge is 2.19. The molecule has 0 spiro atoms. The van der Waals surface area contributed by atoms with E-state index in [9.17, 15) is 28.4 Å². The second kappa shape index (κ2) is 8.55. The summed E-state index contributed by atoms with van der Waals surface area (Å²) in [7, 11) is -4.67. The Labute approximate surface area is 135 Å². The van der Waals surface area contributed by atoms with E-state index in [0.29, 0.717) is 5.75 Å². The molecule has 10 nitrogen and oxygen atoms in total. The molecular weight excluding hydrogens is 354 g/mol. The Bertz CT molecular complexity index is 674. The maximum atomic E-state index is 11.6. The van der Waals surface area contributed by atoms with Gasteiger partial charge in [0.2, 0.25) is 0 Å². The summed E-state index contributed by atoms with van der Waals surface area (Å²) in [5.41, 5.74) is 0. The minimum Gasteiger partial charge on any atom is -0.508 e. The number of phenolic OH excluding ortho intramolecular Hbond substituents is 1. The van der Waals surface area contributed by atoms with Gasteiger partial charge in [-0.3, -0.25) is 9.35 Å². The normalized spacial score (nSPS) is 11.0. The molecule has 0 aliphatic heterocycles. The summed E-state index contributed by atoms with van der Waals surface area (Å²) in [6.07, 6.45) is -0.0884. The lowest BCUT2D eigenvalue weighted by Gasteiger charge is -2.08. The number of benzene rings is 1. The largest absolute Gasteiger partial charge is 0.508 e. The van der Waals surface area contributed by atoms with Crippen LogP contribution in [0.15, 0.2) is 23.1 Å². The van der Waals surface area contributed by atoms with Crippen molar-refractivity contribution >= 4 is 27.8 Å². The van der Waals surface area contributed by atoms with E-state index in [0.717, 1.165) is 18.2 Å². The van der Waals surface area contributed by atoms with E-state index in [-0.39, 0.29) is 18.8 Å². The number of aromatic hydroxyl groups is 1. The Morgan fingerprint density at radius 1 is 1.35 bits per heavy atom. The van der Waals surface area contributed by atoms with Gasteiger partial charge in [0.25, 0.3) is 15.2 Å². The quantitative estimate of drug-likeness (QED) is 0.160. The van der Waals surface area contributed by atoms with Crippen molar-refractivity contribution in [2.24, 2.45) is 0 Å². The van der Waals surface area contributed by atoms with Crippen LogP contribution in [0.4, 0.5) is 0 Å². The van der Waals surface area contributed by atoms with Gasteiger partial charge in [0.1, 0.15) is 17.3 Å². The molecule has 0 saturated heterocycles. The number of ether oxygens (including phenoxy) is 1. The zero-order valence-corrected chi connectivity index (χ0v) is 13.2. The first kappa shape index (κ1) is 19.0. The average Bonchev–Trinajstić information content (AvgIpc) is 2.43. The standard InChI is InChI=1S/C11H13NO9S2/c13-8-1-2-9(10(7-8)23(17,18)19)21-11(14)3-5-22-6-4-20-12(15)16/h1-2,7,13H,3-6H2,(H,17,18,19). The molecule has 0 saturated carbocycles. The van der Waals surface area contributed by atoms with E-state index in [2.05, 4.69) is 4.84 Å². The molecule has 1 aromatic carbocycles. The average molecular weight is 367 g/mol. The first-order valence-corrected chi connectivity index (χ1v) is 8.66. The van der Waals surface area contributed by atoms with E-state index in [1.807, 2.05) is 0 Å². The molecule has 128 valence electrons. The van der Waals surface area contributed by atoms with Gasteiger partial charge in [-0.05, 0) is 12.1 Å². The Morgan fingerprint density at radius 3 is 2.65 bits per heavy atom. The third-order valence-corrected chi connectivity index (χ3v) is 4.13. The van der Waals surface area contributed by atoms with Crippen molar-refractivity contribution in [3.8, 4) is 11.5 Å². The summed E-state index contributed by atoms with van der Waals surface area (Å²) in [5, 5.41) is 18.2. The SMILES string of the molecule is O=C(CCSCCO[N+](=O)[O-])Oc1ccc(O)cc1S(=O)(=O)O. The van der Waals surface area contributed by atoms with Crippen molar-refractivity contribution in [1.82, 2.24) is 0 Å². The maximum absolute atomic E-state index is 11.6. The zero-order valence-electron chi connectivity index (χ0n) is 11.6. The molecule has 0 atom stereocenters. The van der Waals surface area contributed by atoms with Gasteiger partial charge in [-0.2, -0.15) is 20.2 Å². The second-order valence-corrected chi connectivity index (χ2v) is 6.61. The highest BCUT2D eigenvalue weighted by molar-refractivity contribution is 7.99. The molecule has 1 rings (SSSR count). The van der Waals surface area contributed by atoms with Crippen molar-refractivity contribution in [2.45, 2.75) is 11.3 Å². The van der Waals surface area contributed by atoms with Crippen molar-refractivity contribution < 1.29 is 37.5 Å². The second-order valence-electron chi connectivity index (χ2n) is 4.00. The molecule has 0 bridgehead atoms. The summed E-state index contributed by atoms with van der Waals surface area (Å²) in [4.78, 5) is 24.8. The summed E-state index contributed by atoms with van der Waals surface area (Å²) >= 11 is 1.21. The summed E-state index contributed by atoms with van der Waals surface area (Å²) in [6.45, 7) is -0.114. The number of thioether (sulfide) groups is 1. The highest BCUT2D eigenvalue weighted by atomic mass is 32.2. The van der Waals surface area contributed by atoms with Gasteiger partial charge in [-0.1, -0.05) is 0 Å². The number of esters is 1. The topological polar surface area (TPSA) is 153 Å². The molecule has 0 radical (unpaired) electrons. The minimum atomic E-state index is -4.67. The number of hydrogen-bond acceptors (Lipinski definition) is 9. The van der Waals surface area contributed by atoms with E-state index >= 15 is 0 Å². The monoisotopic (exact) mass is 367 g/mol. The molecule has 23 heavy (non-hydrogen) atoms. The molecule has 0 fully saturated rings. The van der Waals surface area contributed by atoms with Crippen molar-refractivity contribution in [1.29, 1.82) is 0 Å². The Balaban J connectivity index is 2.51. The number of hydrogen-bond donors (Lipinski definition) is 2. The highest BCUT2D eigenvalue weighted by Crippen LogP contribution is 2.28. The predicted octanol–water partition coefficient (Wildman–Crippen LogP) is 0.876. The van der Waals surface area contributed by atoms with E-state index in [1.165, 1.54) is 11.8 Å². The third-order valence-electron chi connectivity index (χ3n) is 2.30. The lowest BCUT2D eigenvalue weighted by molar-refractivity contribution is -0.756. The van der Waals surface area contributed by atoms with Crippen molar-refractivity contribution in [2.75, 3.05) is 18.1 Å².